The van der Waals surface area contributed by atoms with Crippen LogP contribution in [0.3, 0.4) is 0 Å². The molecule has 2 rings (SSSR count). The highest BCUT2D eigenvalue weighted by Gasteiger charge is 2.05. The summed E-state index contributed by atoms with van der Waals surface area (Å²) in [7, 11) is 0. The molecular weight excluding hydrogens is 194 g/mol. The highest BCUT2D eigenvalue weighted by Crippen LogP contribution is 2.14. The number of thiophene rings is 1. The van der Waals surface area contributed by atoms with Crippen LogP contribution in [0.1, 0.15) is 29.4 Å². The fourth-order valence-corrected chi connectivity index (χ4v) is 1.99. The Bertz CT molecular complexity index is 389. The van der Waals surface area contributed by atoms with Crippen molar-refractivity contribution in [2.45, 2.75) is 19.4 Å². The number of aromatic amines is 1. The van der Waals surface area contributed by atoms with Crippen LogP contribution in [0.15, 0.2) is 23.7 Å². The Morgan fingerprint density at radius 1 is 1.64 bits per heavy atom. The van der Waals surface area contributed by atoms with Crippen molar-refractivity contribution in [3.63, 3.8) is 0 Å². The number of aromatic nitrogens is 2. The lowest BCUT2D eigenvalue weighted by atomic mass is 10.3. The van der Waals surface area contributed by atoms with Gasteiger partial charge in [0.25, 0.3) is 0 Å². The SMILES string of the molecule is CC(N)c1cnc(Cc2cccs2)[nH]1. The smallest absolute Gasteiger partial charge is 0.111 e. The van der Waals surface area contributed by atoms with Gasteiger partial charge in [-0.05, 0) is 18.4 Å². The zero-order chi connectivity index (χ0) is 9.97. The van der Waals surface area contributed by atoms with Crippen LogP contribution in [0.25, 0.3) is 0 Å². The molecule has 0 bridgehead atoms. The molecule has 0 amide bonds. The molecular formula is C10H13N3S. The van der Waals surface area contributed by atoms with Crippen LogP contribution in [0.2, 0.25) is 0 Å². The lowest BCUT2D eigenvalue weighted by Crippen LogP contribution is -2.05. The molecule has 0 saturated carbocycles. The minimum absolute atomic E-state index is 0.0274. The fourth-order valence-electron chi connectivity index (χ4n) is 1.28. The topological polar surface area (TPSA) is 54.7 Å². The molecule has 2 aromatic heterocycles. The Kier molecular flexibility index (Phi) is 2.65. The van der Waals surface area contributed by atoms with Crippen molar-refractivity contribution in [1.29, 1.82) is 0 Å². The first kappa shape index (κ1) is 9.43. The van der Waals surface area contributed by atoms with Crippen LogP contribution in [0, 0.1) is 0 Å². The molecule has 4 heteroatoms. The average Bonchev–Trinajstić information content (AvgIpc) is 2.75. The zero-order valence-electron chi connectivity index (χ0n) is 8.03. The van der Waals surface area contributed by atoms with Crippen molar-refractivity contribution >= 4 is 11.3 Å². The number of nitrogens with one attached hydrogen (secondary N) is 1. The molecule has 1 atom stereocenters. The first-order valence-electron chi connectivity index (χ1n) is 4.57. The second-order valence-electron chi connectivity index (χ2n) is 3.33. The Balaban J connectivity index is 2.11. The van der Waals surface area contributed by atoms with Crippen LogP contribution in [-0.2, 0) is 6.42 Å². The second-order valence-corrected chi connectivity index (χ2v) is 4.36. The first-order chi connectivity index (χ1) is 6.75. The zero-order valence-corrected chi connectivity index (χ0v) is 8.84. The molecule has 0 aromatic carbocycles. The number of hydrogen-bond donors (Lipinski definition) is 2. The molecule has 0 spiro atoms. The number of nitrogens with two attached hydrogens (primary N) is 1. The van der Waals surface area contributed by atoms with Crippen LogP contribution in [0.5, 0.6) is 0 Å². The van der Waals surface area contributed by atoms with E-state index in [0.29, 0.717) is 0 Å². The number of nitrogens with zero attached hydrogens (tertiary/aromatic N) is 1. The number of rotatable bonds is 3. The second kappa shape index (κ2) is 3.94. The summed E-state index contributed by atoms with van der Waals surface area (Å²) >= 11 is 1.74. The highest BCUT2D eigenvalue weighted by atomic mass is 32.1. The first-order valence-corrected chi connectivity index (χ1v) is 5.45. The normalized spacial score (nSPS) is 13.0. The molecule has 0 fully saturated rings. The van der Waals surface area contributed by atoms with E-state index in [4.69, 9.17) is 5.73 Å². The summed E-state index contributed by atoms with van der Waals surface area (Å²) in [6.45, 7) is 1.95. The summed E-state index contributed by atoms with van der Waals surface area (Å²) in [5.74, 6) is 0.986. The van der Waals surface area contributed by atoms with Crippen LogP contribution < -0.4 is 5.73 Å². The van der Waals surface area contributed by atoms with Crippen molar-refractivity contribution in [3.05, 3.63) is 40.1 Å². The van der Waals surface area contributed by atoms with Crippen LogP contribution in [0.4, 0.5) is 0 Å². The summed E-state index contributed by atoms with van der Waals surface area (Å²) in [5.41, 5.74) is 6.73. The Morgan fingerprint density at radius 3 is 3.07 bits per heavy atom. The molecule has 0 aliphatic heterocycles. The molecule has 1 unspecified atom stereocenters. The van der Waals surface area contributed by atoms with Crippen molar-refractivity contribution < 1.29 is 0 Å². The van der Waals surface area contributed by atoms with Crippen LogP contribution in [-0.4, -0.2) is 9.97 Å². The third kappa shape index (κ3) is 2.02. The largest absolute Gasteiger partial charge is 0.344 e. The van der Waals surface area contributed by atoms with E-state index in [0.717, 1.165) is 17.9 Å². The average molecular weight is 207 g/mol. The molecule has 2 heterocycles. The molecule has 3 nitrogen and oxygen atoms in total. The van der Waals surface area contributed by atoms with Gasteiger partial charge in [-0.15, -0.1) is 11.3 Å². The number of imidazole rings is 1. The van der Waals surface area contributed by atoms with E-state index in [2.05, 4.69) is 27.5 Å². The predicted molar refractivity (Wildman–Crippen MR) is 58.3 cm³/mol. The maximum Gasteiger partial charge on any atom is 0.111 e. The van der Waals surface area contributed by atoms with Crippen molar-refractivity contribution in [2.75, 3.05) is 0 Å². The fraction of sp³-hybridized carbons (Fsp3) is 0.300. The van der Waals surface area contributed by atoms with Gasteiger partial charge in [-0.2, -0.15) is 0 Å². The predicted octanol–water partition coefficient (Wildman–Crippen LogP) is 2.08. The highest BCUT2D eigenvalue weighted by molar-refractivity contribution is 7.09. The van der Waals surface area contributed by atoms with Gasteiger partial charge < -0.3 is 10.7 Å². The monoisotopic (exact) mass is 207 g/mol. The van der Waals surface area contributed by atoms with E-state index < -0.39 is 0 Å². The van der Waals surface area contributed by atoms with E-state index in [1.165, 1.54) is 4.88 Å². The summed E-state index contributed by atoms with van der Waals surface area (Å²) < 4.78 is 0. The van der Waals surface area contributed by atoms with Gasteiger partial charge in [0.2, 0.25) is 0 Å². The Morgan fingerprint density at radius 2 is 2.50 bits per heavy atom. The Hall–Kier alpha value is -1.13. The molecule has 2 aromatic rings. The van der Waals surface area contributed by atoms with Gasteiger partial charge in [-0.25, -0.2) is 4.98 Å². The van der Waals surface area contributed by atoms with Gasteiger partial charge >= 0.3 is 0 Å². The standard InChI is InChI=1S/C10H13N3S/c1-7(11)9-6-12-10(13-9)5-8-3-2-4-14-8/h2-4,6-7H,5,11H2,1H3,(H,12,13). The van der Waals surface area contributed by atoms with Crippen LogP contribution >= 0.6 is 11.3 Å². The summed E-state index contributed by atoms with van der Waals surface area (Å²) in [6, 6.07) is 4.19. The van der Waals surface area contributed by atoms with E-state index in [-0.39, 0.29) is 6.04 Å². The van der Waals surface area contributed by atoms with E-state index >= 15 is 0 Å². The van der Waals surface area contributed by atoms with E-state index in [9.17, 15) is 0 Å². The van der Waals surface area contributed by atoms with Crippen molar-refractivity contribution in [1.82, 2.24) is 9.97 Å². The lowest BCUT2D eigenvalue weighted by Gasteiger charge is -1.98. The quantitative estimate of drug-likeness (QED) is 0.809. The van der Waals surface area contributed by atoms with Gasteiger partial charge in [0.05, 0.1) is 5.69 Å². The van der Waals surface area contributed by atoms with Gasteiger partial charge in [-0.1, -0.05) is 6.07 Å². The molecule has 14 heavy (non-hydrogen) atoms. The summed E-state index contributed by atoms with van der Waals surface area (Å²) in [5, 5.41) is 2.07. The Labute approximate surface area is 87.0 Å². The number of H-pyrrole nitrogens is 1. The third-order valence-electron chi connectivity index (χ3n) is 2.06. The molecule has 3 N–H and O–H groups in total. The molecule has 0 radical (unpaired) electrons. The molecule has 74 valence electrons. The van der Waals surface area contributed by atoms with Crippen molar-refractivity contribution in [2.24, 2.45) is 5.73 Å². The van der Waals surface area contributed by atoms with Gasteiger partial charge in [0.15, 0.2) is 0 Å². The molecule has 0 aliphatic rings. The maximum absolute atomic E-state index is 5.73. The van der Waals surface area contributed by atoms with Crippen molar-refractivity contribution in [3.8, 4) is 0 Å². The minimum Gasteiger partial charge on any atom is -0.344 e. The summed E-state index contributed by atoms with van der Waals surface area (Å²) in [6.07, 6.45) is 2.68. The third-order valence-corrected chi connectivity index (χ3v) is 2.94. The van der Waals surface area contributed by atoms with E-state index in [1.807, 2.05) is 13.1 Å². The molecule has 0 saturated heterocycles. The minimum atomic E-state index is 0.0274. The number of hydrogen-bond acceptors (Lipinski definition) is 3. The van der Waals surface area contributed by atoms with Gasteiger partial charge in [0.1, 0.15) is 5.82 Å². The maximum atomic E-state index is 5.73. The van der Waals surface area contributed by atoms with Gasteiger partial charge in [-0.3, -0.25) is 0 Å². The van der Waals surface area contributed by atoms with Gasteiger partial charge in [0, 0.05) is 23.5 Å². The molecule has 0 aliphatic carbocycles. The van der Waals surface area contributed by atoms with E-state index in [1.54, 1.807) is 11.3 Å². The summed E-state index contributed by atoms with van der Waals surface area (Å²) in [4.78, 5) is 8.82. The lowest BCUT2D eigenvalue weighted by molar-refractivity contribution is 0.784.